The van der Waals surface area contributed by atoms with Gasteiger partial charge in [0.2, 0.25) is 0 Å². The largest absolute Gasteiger partial charge is 0.509 e. The Bertz CT molecular complexity index is 119. The van der Waals surface area contributed by atoms with E-state index in [-0.39, 0.29) is 6.10 Å². The highest BCUT2D eigenvalue weighted by molar-refractivity contribution is 5.62. The molecule has 0 aromatic carbocycles. The van der Waals surface area contributed by atoms with E-state index in [0.29, 0.717) is 6.61 Å². The average molecular weight is 114 g/mol. The minimum Gasteiger partial charge on any atom is -0.430 e. The van der Waals surface area contributed by atoms with Gasteiger partial charge in [-0.1, -0.05) is 6.58 Å². The van der Waals surface area contributed by atoms with Crippen LogP contribution in [0, 0.1) is 0 Å². The van der Waals surface area contributed by atoms with Crippen molar-refractivity contribution in [1.29, 1.82) is 0 Å². The molecule has 8 heavy (non-hydrogen) atoms. The summed E-state index contributed by atoms with van der Waals surface area (Å²) in [6.45, 7) is 3.73. The molecule has 0 aromatic heterocycles. The van der Waals surface area contributed by atoms with Crippen molar-refractivity contribution in [2.75, 3.05) is 6.61 Å². The minimum absolute atomic E-state index is 0.234. The summed E-state index contributed by atoms with van der Waals surface area (Å²) in [5.41, 5.74) is 0. The Balaban J connectivity index is 2.43. The van der Waals surface area contributed by atoms with E-state index in [1.54, 1.807) is 0 Å². The van der Waals surface area contributed by atoms with Gasteiger partial charge in [-0.25, -0.2) is 4.79 Å². The number of hydrogen-bond acceptors (Lipinski definition) is 3. The van der Waals surface area contributed by atoms with Crippen LogP contribution in [-0.2, 0) is 9.47 Å². The summed E-state index contributed by atoms with van der Waals surface area (Å²) in [5, 5.41) is 0. The van der Waals surface area contributed by atoms with Crippen LogP contribution in [0.1, 0.15) is 0 Å². The zero-order valence-corrected chi connectivity index (χ0v) is 4.29. The second kappa shape index (κ2) is 1.86. The molecule has 3 heteroatoms. The molecule has 0 saturated carbocycles. The second-order valence-electron chi connectivity index (χ2n) is 1.45. The van der Waals surface area contributed by atoms with Gasteiger partial charge in [0, 0.05) is 0 Å². The average Bonchev–Trinajstić information content (AvgIpc) is 2.14. The van der Waals surface area contributed by atoms with E-state index in [4.69, 9.17) is 0 Å². The Kier molecular flexibility index (Phi) is 1.20. The molecule has 0 amide bonds. The van der Waals surface area contributed by atoms with E-state index >= 15 is 0 Å². The van der Waals surface area contributed by atoms with E-state index < -0.39 is 6.16 Å². The van der Waals surface area contributed by atoms with Crippen molar-refractivity contribution in [3.63, 3.8) is 0 Å². The maximum absolute atomic E-state index is 10.1. The van der Waals surface area contributed by atoms with E-state index in [1.807, 2.05) is 0 Å². The van der Waals surface area contributed by atoms with Gasteiger partial charge in [-0.05, 0) is 6.08 Å². The number of hydrogen-bond donors (Lipinski definition) is 0. The SMILES string of the molecule is C=CC1COC(=O)O1. The van der Waals surface area contributed by atoms with Crippen LogP contribution in [0.5, 0.6) is 0 Å². The molecule has 1 rings (SSSR count). The van der Waals surface area contributed by atoms with Gasteiger partial charge in [0.05, 0.1) is 0 Å². The highest BCUT2D eigenvalue weighted by atomic mass is 16.8. The minimum atomic E-state index is -0.602. The smallest absolute Gasteiger partial charge is 0.430 e. The Morgan fingerprint density at radius 2 is 2.62 bits per heavy atom. The molecule has 0 bridgehead atoms. The molecular weight excluding hydrogens is 108 g/mol. The molecule has 1 atom stereocenters. The van der Waals surface area contributed by atoms with Crippen LogP contribution in [0.25, 0.3) is 0 Å². The standard InChI is InChI=1S/C5H6O3/c1-2-4-3-7-5(6)8-4/h2,4H,1,3H2. The van der Waals surface area contributed by atoms with Crippen LogP contribution < -0.4 is 0 Å². The third kappa shape index (κ3) is 0.804. The van der Waals surface area contributed by atoms with Crippen molar-refractivity contribution in [2.24, 2.45) is 0 Å². The number of rotatable bonds is 1. The lowest BCUT2D eigenvalue weighted by Gasteiger charge is -1.92. The van der Waals surface area contributed by atoms with Gasteiger partial charge >= 0.3 is 6.16 Å². The molecule has 0 N–H and O–H groups in total. The molecule has 1 heterocycles. The first-order valence-electron chi connectivity index (χ1n) is 2.29. The van der Waals surface area contributed by atoms with Gasteiger partial charge in [0.25, 0.3) is 0 Å². The zero-order valence-electron chi connectivity index (χ0n) is 4.29. The number of cyclic esters (lactones) is 2. The van der Waals surface area contributed by atoms with Gasteiger partial charge < -0.3 is 9.47 Å². The Morgan fingerprint density at radius 1 is 1.88 bits per heavy atom. The maximum Gasteiger partial charge on any atom is 0.509 e. The first-order chi connectivity index (χ1) is 3.83. The van der Waals surface area contributed by atoms with Crippen molar-refractivity contribution in [1.82, 2.24) is 0 Å². The fourth-order valence-corrected chi connectivity index (χ4v) is 0.458. The normalized spacial score (nSPS) is 26.5. The summed E-state index contributed by atoms with van der Waals surface area (Å²) in [7, 11) is 0. The number of carbonyl (C=O) groups is 1. The van der Waals surface area contributed by atoms with Crippen LogP contribution in [0.3, 0.4) is 0 Å². The molecule has 0 radical (unpaired) electrons. The van der Waals surface area contributed by atoms with Gasteiger partial charge in [-0.15, -0.1) is 0 Å². The molecule has 1 saturated heterocycles. The second-order valence-corrected chi connectivity index (χ2v) is 1.45. The lowest BCUT2D eigenvalue weighted by Crippen LogP contribution is -2.03. The highest BCUT2D eigenvalue weighted by Crippen LogP contribution is 2.05. The zero-order chi connectivity index (χ0) is 5.98. The summed E-state index contributed by atoms with van der Waals surface area (Å²) >= 11 is 0. The van der Waals surface area contributed by atoms with E-state index in [2.05, 4.69) is 16.1 Å². The molecular formula is C5H6O3. The summed E-state index contributed by atoms with van der Waals surface area (Å²) < 4.78 is 8.96. The van der Waals surface area contributed by atoms with Crippen LogP contribution in [0.2, 0.25) is 0 Å². The highest BCUT2D eigenvalue weighted by Gasteiger charge is 2.20. The summed E-state index contributed by atoms with van der Waals surface area (Å²) in [5.74, 6) is 0. The molecule has 0 aromatic rings. The van der Waals surface area contributed by atoms with Crippen molar-refractivity contribution in [2.45, 2.75) is 6.10 Å². The van der Waals surface area contributed by atoms with Crippen LogP contribution in [0.15, 0.2) is 12.7 Å². The van der Waals surface area contributed by atoms with Crippen molar-refractivity contribution < 1.29 is 14.3 Å². The van der Waals surface area contributed by atoms with Crippen LogP contribution in [0.4, 0.5) is 4.79 Å². The molecule has 3 nitrogen and oxygen atoms in total. The Labute approximate surface area is 46.9 Å². The third-order valence-corrected chi connectivity index (χ3v) is 0.876. The molecule has 0 spiro atoms. The molecule has 1 unspecified atom stereocenters. The monoisotopic (exact) mass is 114 g/mol. The lowest BCUT2D eigenvalue weighted by atomic mass is 10.4. The summed E-state index contributed by atoms with van der Waals surface area (Å²) in [6.07, 6.45) is 0.697. The first kappa shape index (κ1) is 5.15. The van der Waals surface area contributed by atoms with Gasteiger partial charge in [0.15, 0.2) is 6.10 Å². The number of carbonyl (C=O) groups excluding carboxylic acids is 1. The summed E-state index contributed by atoms with van der Waals surface area (Å²) in [6, 6.07) is 0. The summed E-state index contributed by atoms with van der Waals surface area (Å²) in [4.78, 5) is 10.1. The molecule has 1 aliphatic rings. The van der Waals surface area contributed by atoms with E-state index in [1.165, 1.54) is 6.08 Å². The Morgan fingerprint density at radius 3 is 2.88 bits per heavy atom. The predicted molar refractivity (Wildman–Crippen MR) is 26.4 cm³/mol. The van der Waals surface area contributed by atoms with Crippen molar-refractivity contribution >= 4 is 6.16 Å². The topological polar surface area (TPSA) is 35.5 Å². The van der Waals surface area contributed by atoms with E-state index in [0.717, 1.165) is 0 Å². The lowest BCUT2D eigenvalue weighted by molar-refractivity contribution is 0.125. The third-order valence-electron chi connectivity index (χ3n) is 0.876. The molecule has 1 fully saturated rings. The Hall–Kier alpha value is -0.990. The van der Waals surface area contributed by atoms with Gasteiger partial charge in [-0.2, -0.15) is 0 Å². The van der Waals surface area contributed by atoms with Crippen molar-refractivity contribution in [3.8, 4) is 0 Å². The van der Waals surface area contributed by atoms with Crippen molar-refractivity contribution in [3.05, 3.63) is 12.7 Å². The molecule has 1 aliphatic heterocycles. The molecule has 44 valence electrons. The fraction of sp³-hybridized carbons (Fsp3) is 0.400. The number of ether oxygens (including phenoxy) is 2. The quantitative estimate of drug-likeness (QED) is 0.372. The van der Waals surface area contributed by atoms with E-state index in [9.17, 15) is 4.79 Å². The van der Waals surface area contributed by atoms with Gasteiger partial charge in [-0.3, -0.25) is 0 Å². The fourth-order valence-electron chi connectivity index (χ4n) is 0.458. The predicted octanol–water partition coefficient (Wildman–Crippen LogP) is 0.708. The van der Waals surface area contributed by atoms with Crippen LogP contribution >= 0.6 is 0 Å². The van der Waals surface area contributed by atoms with Crippen LogP contribution in [-0.4, -0.2) is 18.9 Å². The first-order valence-corrected chi connectivity index (χ1v) is 2.29. The van der Waals surface area contributed by atoms with Gasteiger partial charge in [0.1, 0.15) is 6.61 Å². The molecule has 0 aliphatic carbocycles. The maximum atomic E-state index is 10.1.